The average Bonchev–Trinajstić information content (AvgIpc) is 3.08. The number of nitrogens with one attached hydrogen (secondary N) is 2. The van der Waals surface area contributed by atoms with Gasteiger partial charge >= 0.3 is 0 Å². The monoisotopic (exact) mass is 320 g/mol. The van der Waals surface area contributed by atoms with Gasteiger partial charge in [-0.05, 0) is 44.1 Å². The minimum absolute atomic E-state index is 0.0974. The lowest BCUT2D eigenvalue weighted by atomic mass is 10.2. The Kier molecular flexibility index (Phi) is 5.91. The highest BCUT2D eigenvalue weighted by Gasteiger charge is 2.15. The fourth-order valence-corrected chi connectivity index (χ4v) is 2.45. The smallest absolute Gasteiger partial charge is 0.238 e. The SMILES string of the molecule is N#CC(C#N)=C(C#N)Nc1cccc(NC(=O)CN2CCCC2)c1. The number of benzene rings is 1. The van der Waals surface area contributed by atoms with Crippen molar-refractivity contribution in [3.63, 3.8) is 0 Å². The molecule has 2 rings (SSSR count). The Balaban J connectivity index is 2.05. The number of carbonyl (C=O) groups is 1. The van der Waals surface area contributed by atoms with Gasteiger partial charge in [-0.1, -0.05) is 6.07 Å². The van der Waals surface area contributed by atoms with Crippen molar-refractivity contribution in [1.82, 2.24) is 4.90 Å². The Labute approximate surface area is 140 Å². The van der Waals surface area contributed by atoms with Crippen LogP contribution in [-0.2, 0) is 4.79 Å². The standard InChI is InChI=1S/C17H16N6O/c18-9-13(10-19)16(11-20)21-14-4-3-5-15(8-14)22-17(24)12-23-6-1-2-7-23/h3-5,8,21H,1-2,6-7,12H2,(H,22,24). The van der Waals surface area contributed by atoms with Crippen molar-refractivity contribution in [3.8, 4) is 18.2 Å². The Hall–Kier alpha value is -3.34. The van der Waals surface area contributed by atoms with Crippen molar-refractivity contribution >= 4 is 17.3 Å². The molecule has 1 aromatic rings. The summed E-state index contributed by atoms with van der Waals surface area (Å²) in [4.78, 5) is 14.1. The molecule has 0 aliphatic carbocycles. The maximum Gasteiger partial charge on any atom is 0.238 e. The average molecular weight is 320 g/mol. The van der Waals surface area contributed by atoms with E-state index < -0.39 is 0 Å². The number of hydrogen-bond acceptors (Lipinski definition) is 6. The lowest BCUT2D eigenvalue weighted by molar-refractivity contribution is -0.117. The molecule has 120 valence electrons. The van der Waals surface area contributed by atoms with Crippen molar-refractivity contribution < 1.29 is 4.79 Å². The fourth-order valence-electron chi connectivity index (χ4n) is 2.45. The molecule has 1 aliphatic heterocycles. The summed E-state index contributed by atoms with van der Waals surface area (Å²) in [7, 11) is 0. The lowest BCUT2D eigenvalue weighted by Gasteiger charge is -2.14. The highest BCUT2D eigenvalue weighted by atomic mass is 16.2. The molecule has 24 heavy (non-hydrogen) atoms. The summed E-state index contributed by atoms with van der Waals surface area (Å²) in [6.45, 7) is 2.24. The van der Waals surface area contributed by atoms with Crippen LogP contribution in [0, 0.1) is 34.0 Å². The number of nitrogens with zero attached hydrogens (tertiary/aromatic N) is 4. The van der Waals surface area contributed by atoms with E-state index in [0.29, 0.717) is 17.9 Å². The summed E-state index contributed by atoms with van der Waals surface area (Å²) in [5, 5.41) is 32.2. The van der Waals surface area contributed by atoms with Crippen LogP contribution in [0.5, 0.6) is 0 Å². The molecule has 0 radical (unpaired) electrons. The minimum atomic E-state index is -0.291. The van der Waals surface area contributed by atoms with Gasteiger partial charge in [0.1, 0.15) is 23.9 Å². The number of hydrogen-bond donors (Lipinski definition) is 2. The molecule has 1 fully saturated rings. The van der Waals surface area contributed by atoms with E-state index in [1.54, 1.807) is 42.5 Å². The summed E-state index contributed by atoms with van der Waals surface area (Å²) in [5.41, 5.74) is 0.673. The Morgan fingerprint density at radius 3 is 2.25 bits per heavy atom. The first-order valence-corrected chi connectivity index (χ1v) is 7.50. The molecule has 0 saturated carbocycles. The maximum absolute atomic E-state index is 12.0. The van der Waals surface area contributed by atoms with Gasteiger partial charge in [0.05, 0.1) is 6.54 Å². The van der Waals surface area contributed by atoms with E-state index >= 15 is 0 Å². The zero-order valence-corrected chi connectivity index (χ0v) is 13.0. The Morgan fingerprint density at radius 2 is 1.67 bits per heavy atom. The van der Waals surface area contributed by atoms with Crippen LogP contribution in [0.25, 0.3) is 0 Å². The zero-order chi connectivity index (χ0) is 17.4. The van der Waals surface area contributed by atoms with E-state index in [1.807, 2.05) is 0 Å². The number of rotatable bonds is 5. The van der Waals surface area contributed by atoms with Crippen LogP contribution in [0.1, 0.15) is 12.8 Å². The van der Waals surface area contributed by atoms with Gasteiger partial charge < -0.3 is 10.6 Å². The molecule has 0 spiro atoms. The number of nitriles is 3. The summed E-state index contributed by atoms with van der Waals surface area (Å²) >= 11 is 0. The van der Waals surface area contributed by atoms with Crippen LogP contribution in [0.2, 0.25) is 0 Å². The first kappa shape index (κ1) is 17.0. The van der Waals surface area contributed by atoms with E-state index in [4.69, 9.17) is 15.8 Å². The van der Waals surface area contributed by atoms with Gasteiger partial charge in [-0.15, -0.1) is 0 Å². The van der Waals surface area contributed by atoms with Crippen LogP contribution in [0.15, 0.2) is 35.5 Å². The third kappa shape index (κ3) is 4.58. The first-order valence-electron chi connectivity index (χ1n) is 7.50. The number of allylic oxidation sites excluding steroid dienone is 2. The van der Waals surface area contributed by atoms with Crippen LogP contribution >= 0.6 is 0 Å². The van der Waals surface area contributed by atoms with Crippen LogP contribution in [0.3, 0.4) is 0 Å². The molecule has 0 unspecified atom stereocenters. The Morgan fingerprint density at radius 1 is 1.04 bits per heavy atom. The molecule has 0 atom stereocenters. The van der Waals surface area contributed by atoms with Crippen molar-refractivity contribution in [1.29, 1.82) is 15.8 Å². The van der Waals surface area contributed by atoms with Gasteiger partial charge in [-0.3, -0.25) is 9.69 Å². The third-order valence-electron chi connectivity index (χ3n) is 3.57. The molecule has 1 amide bonds. The van der Waals surface area contributed by atoms with Crippen LogP contribution < -0.4 is 10.6 Å². The van der Waals surface area contributed by atoms with Crippen molar-refractivity contribution in [3.05, 3.63) is 35.5 Å². The lowest BCUT2D eigenvalue weighted by Crippen LogP contribution is -2.30. The molecule has 1 aromatic carbocycles. The second-order valence-corrected chi connectivity index (χ2v) is 5.32. The predicted molar refractivity (Wildman–Crippen MR) is 88.2 cm³/mol. The number of anilines is 2. The summed E-state index contributed by atoms with van der Waals surface area (Å²) in [6.07, 6.45) is 2.24. The summed E-state index contributed by atoms with van der Waals surface area (Å²) in [5.74, 6) is -0.0974. The number of amides is 1. The molecule has 0 aromatic heterocycles. The predicted octanol–water partition coefficient (Wildman–Crippen LogP) is 1.96. The molecule has 1 heterocycles. The highest BCUT2D eigenvalue weighted by molar-refractivity contribution is 5.92. The van der Waals surface area contributed by atoms with Crippen LogP contribution in [0.4, 0.5) is 11.4 Å². The quantitative estimate of drug-likeness (QED) is 0.801. The van der Waals surface area contributed by atoms with E-state index in [1.165, 1.54) is 0 Å². The zero-order valence-electron chi connectivity index (χ0n) is 13.0. The topological polar surface area (TPSA) is 116 Å². The largest absolute Gasteiger partial charge is 0.345 e. The van der Waals surface area contributed by atoms with Crippen molar-refractivity contribution in [2.75, 3.05) is 30.3 Å². The molecular formula is C17H16N6O. The molecular weight excluding hydrogens is 304 g/mol. The molecule has 7 nitrogen and oxygen atoms in total. The normalized spacial score (nSPS) is 13.2. The van der Waals surface area contributed by atoms with Crippen molar-refractivity contribution in [2.45, 2.75) is 12.8 Å². The Bertz CT molecular complexity index is 755. The van der Waals surface area contributed by atoms with Gasteiger partial charge in [0, 0.05) is 11.4 Å². The van der Waals surface area contributed by atoms with E-state index in [-0.39, 0.29) is 17.2 Å². The second-order valence-electron chi connectivity index (χ2n) is 5.32. The van der Waals surface area contributed by atoms with E-state index in [2.05, 4.69) is 15.5 Å². The molecule has 7 heteroatoms. The van der Waals surface area contributed by atoms with Crippen molar-refractivity contribution in [2.24, 2.45) is 0 Å². The molecule has 1 aliphatic rings. The second kappa shape index (κ2) is 8.33. The highest BCUT2D eigenvalue weighted by Crippen LogP contribution is 2.18. The molecule has 2 N–H and O–H groups in total. The van der Waals surface area contributed by atoms with E-state index in [9.17, 15) is 4.79 Å². The van der Waals surface area contributed by atoms with Gasteiger partial charge in [0.15, 0.2) is 5.57 Å². The minimum Gasteiger partial charge on any atom is -0.345 e. The molecule has 0 bridgehead atoms. The maximum atomic E-state index is 12.0. The third-order valence-corrected chi connectivity index (χ3v) is 3.57. The van der Waals surface area contributed by atoms with Gasteiger partial charge in [0.2, 0.25) is 5.91 Å². The van der Waals surface area contributed by atoms with Gasteiger partial charge in [0.25, 0.3) is 0 Å². The summed E-state index contributed by atoms with van der Waals surface area (Å²) < 4.78 is 0. The van der Waals surface area contributed by atoms with Gasteiger partial charge in [-0.2, -0.15) is 15.8 Å². The molecule has 1 saturated heterocycles. The number of carbonyl (C=O) groups excluding carboxylic acids is 1. The van der Waals surface area contributed by atoms with E-state index in [0.717, 1.165) is 25.9 Å². The number of likely N-dealkylation sites (tertiary alicyclic amines) is 1. The van der Waals surface area contributed by atoms with Crippen LogP contribution in [-0.4, -0.2) is 30.4 Å². The first-order chi connectivity index (χ1) is 11.7. The fraction of sp³-hybridized carbons (Fsp3) is 0.294. The van der Waals surface area contributed by atoms with Gasteiger partial charge in [-0.25, -0.2) is 0 Å². The summed E-state index contributed by atoms with van der Waals surface area (Å²) in [6, 6.07) is 11.9.